The summed E-state index contributed by atoms with van der Waals surface area (Å²) in [4.78, 5) is 26.8. The Labute approximate surface area is 75.6 Å². The summed E-state index contributed by atoms with van der Waals surface area (Å²) in [5.74, 6) is -1.27. The highest BCUT2D eigenvalue weighted by Crippen LogP contribution is 2.29. The molecule has 8 heteroatoms. The van der Waals surface area contributed by atoms with Gasteiger partial charge in [0.05, 0.1) is 0 Å². The maximum Gasteiger partial charge on any atom is 0.401 e. The number of nitrogens with one attached hydrogen (secondary N) is 1. The molecule has 6 nitrogen and oxygen atoms in total. The van der Waals surface area contributed by atoms with Gasteiger partial charge in [0.25, 0.3) is 0 Å². The fourth-order valence-corrected chi connectivity index (χ4v) is 1.22. The minimum absolute atomic E-state index is 0. The Hall–Kier alpha value is -0.130. The number of hydrogen-bond donors (Lipinski definition) is 4. The number of carboxylic acids is 1. The fourth-order valence-electron chi connectivity index (χ4n) is 0.524. The lowest BCUT2D eigenvalue weighted by Gasteiger charge is -2.12. The van der Waals surface area contributed by atoms with Crippen molar-refractivity contribution < 1.29 is 24.3 Å². The maximum atomic E-state index is 10.2. The molecule has 0 fully saturated rings. The zero-order valence-corrected chi connectivity index (χ0v) is 8.01. The molecule has 0 aliphatic rings. The van der Waals surface area contributed by atoms with Crippen LogP contribution in [0, 0.1) is 0 Å². The van der Waals surface area contributed by atoms with Crippen LogP contribution in [0.4, 0.5) is 0 Å². The van der Waals surface area contributed by atoms with Crippen molar-refractivity contribution in [1.82, 2.24) is 5.09 Å². The first-order valence-corrected chi connectivity index (χ1v) is 4.54. The van der Waals surface area contributed by atoms with E-state index < -0.39 is 19.8 Å². The van der Waals surface area contributed by atoms with E-state index in [4.69, 9.17) is 14.9 Å². The van der Waals surface area contributed by atoms with Crippen molar-refractivity contribution in [3.05, 3.63) is 0 Å². The summed E-state index contributed by atoms with van der Waals surface area (Å²) in [6, 6.07) is -1.18. The van der Waals surface area contributed by atoms with E-state index in [2.05, 4.69) is 0 Å². The molecule has 0 spiro atoms. The monoisotopic (exact) mass is 219 g/mol. The highest BCUT2D eigenvalue weighted by Gasteiger charge is 2.23. The van der Waals surface area contributed by atoms with Gasteiger partial charge >= 0.3 is 13.7 Å². The van der Waals surface area contributed by atoms with Crippen LogP contribution >= 0.6 is 20.2 Å². The molecule has 1 unspecified atom stereocenters. The summed E-state index contributed by atoms with van der Waals surface area (Å²) in [5.41, 5.74) is 0. The molecule has 0 heterocycles. The quantitative estimate of drug-likeness (QED) is 0.494. The van der Waals surface area contributed by atoms with Crippen molar-refractivity contribution in [3.8, 4) is 0 Å². The van der Waals surface area contributed by atoms with Crippen molar-refractivity contribution in [2.24, 2.45) is 0 Å². The minimum Gasteiger partial charge on any atom is -0.480 e. The van der Waals surface area contributed by atoms with Crippen molar-refractivity contribution in [2.45, 2.75) is 19.4 Å². The largest absolute Gasteiger partial charge is 0.480 e. The van der Waals surface area contributed by atoms with Gasteiger partial charge in [-0.25, -0.2) is 9.65 Å². The van der Waals surface area contributed by atoms with Gasteiger partial charge in [-0.15, -0.1) is 12.4 Å². The van der Waals surface area contributed by atoms with Gasteiger partial charge in [0.15, 0.2) is 0 Å². The van der Waals surface area contributed by atoms with Crippen LogP contribution in [0.3, 0.4) is 0 Å². The Morgan fingerprint density at radius 1 is 1.58 bits per heavy atom. The fraction of sp³-hybridized carbons (Fsp3) is 0.750. The molecule has 0 rings (SSSR count). The van der Waals surface area contributed by atoms with Crippen LogP contribution in [0.1, 0.15) is 13.3 Å². The molecule has 1 atom stereocenters. The Kier molecular flexibility index (Phi) is 6.60. The average Bonchev–Trinajstić information content (AvgIpc) is 1.80. The molecule has 0 aliphatic carbocycles. The van der Waals surface area contributed by atoms with E-state index >= 15 is 0 Å². The first-order valence-electron chi connectivity index (χ1n) is 2.93. The van der Waals surface area contributed by atoms with Crippen LogP contribution in [0.2, 0.25) is 0 Å². The topological polar surface area (TPSA) is 107 Å². The second kappa shape index (κ2) is 5.50. The number of halogens is 1. The standard InChI is InChI=1S/C4H10NO5P.ClH/c1-2-3(4(6)7)5-11(8,9)10;/h3H,2H2,1H3,(H,6,7)(H3,5,8,9,10);1H. The Bertz CT molecular complexity index is 192. The second-order valence-corrected chi connectivity index (χ2v) is 3.32. The zero-order chi connectivity index (χ0) is 9.07. The van der Waals surface area contributed by atoms with Crippen LogP contribution in [0.25, 0.3) is 0 Å². The van der Waals surface area contributed by atoms with Crippen molar-refractivity contribution in [1.29, 1.82) is 0 Å². The summed E-state index contributed by atoms with van der Waals surface area (Å²) in [6.07, 6.45) is 0.125. The molecular formula is C4H11ClNO5P. The molecule has 74 valence electrons. The van der Waals surface area contributed by atoms with E-state index in [1.54, 1.807) is 5.09 Å². The third-order valence-corrected chi connectivity index (χ3v) is 1.68. The zero-order valence-electron chi connectivity index (χ0n) is 6.30. The molecule has 0 bridgehead atoms. The molecular weight excluding hydrogens is 208 g/mol. The Morgan fingerprint density at radius 3 is 2.08 bits per heavy atom. The molecule has 0 aliphatic heterocycles. The van der Waals surface area contributed by atoms with Gasteiger partial charge in [0.2, 0.25) is 0 Å². The van der Waals surface area contributed by atoms with Gasteiger partial charge < -0.3 is 14.9 Å². The average molecular weight is 220 g/mol. The van der Waals surface area contributed by atoms with E-state index in [9.17, 15) is 9.36 Å². The van der Waals surface area contributed by atoms with E-state index in [0.717, 1.165) is 0 Å². The van der Waals surface area contributed by atoms with E-state index in [0.29, 0.717) is 0 Å². The van der Waals surface area contributed by atoms with Gasteiger partial charge in [-0.1, -0.05) is 6.92 Å². The first-order chi connectivity index (χ1) is 4.87. The van der Waals surface area contributed by atoms with Crippen LogP contribution < -0.4 is 5.09 Å². The predicted molar refractivity (Wildman–Crippen MR) is 44.1 cm³/mol. The summed E-state index contributed by atoms with van der Waals surface area (Å²) in [5, 5.41) is 10.0. The number of rotatable bonds is 4. The summed E-state index contributed by atoms with van der Waals surface area (Å²) in [6.45, 7) is 1.52. The first kappa shape index (κ1) is 14.4. The molecule has 0 saturated carbocycles. The number of aliphatic carboxylic acids is 1. The molecule has 0 aromatic rings. The van der Waals surface area contributed by atoms with E-state index in [1.165, 1.54) is 6.92 Å². The van der Waals surface area contributed by atoms with Crippen molar-refractivity contribution in [2.75, 3.05) is 0 Å². The molecule has 0 aromatic heterocycles. The van der Waals surface area contributed by atoms with E-state index in [1.807, 2.05) is 0 Å². The second-order valence-electron chi connectivity index (χ2n) is 1.97. The Morgan fingerprint density at radius 2 is 2.00 bits per heavy atom. The maximum absolute atomic E-state index is 10.2. The van der Waals surface area contributed by atoms with Gasteiger partial charge in [-0.3, -0.25) is 4.79 Å². The molecule has 0 saturated heterocycles. The van der Waals surface area contributed by atoms with Crippen LogP contribution in [-0.2, 0) is 9.36 Å². The Balaban J connectivity index is 0. The lowest BCUT2D eigenvalue weighted by molar-refractivity contribution is -0.139. The number of carbonyl (C=O) groups is 1. The summed E-state index contributed by atoms with van der Waals surface area (Å²) >= 11 is 0. The predicted octanol–water partition coefficient (Wildman–Crippen LogP) is -0.0463. The normalized spacial score (nSPS) is 13.2. The van der Waals surface area contributed by atoms with Gasteiger partial charge in [-0.2, -0.15) is 0 Å². The smallest absolute Gasteiger partial charge is 0.401 e. The summed E-state index contributed by atoms with van der Waals surface area (Å²) in [7, 11) is -4.42. The number of hydrogen-bond acceptors (Lipinski definition) is 2. The van der Waals surface area contributed by atoms with Gasteiger partial charge in [-0.05, 0) is 6.42 Å². The number of carboxylic acid groups (broad SMARTS) is 1. The molecule has 0 amide bonds. The lowest BCUT2D eigenvalue weighted by atomic mass is 10.2. The molecule has 4 N–H and O–H groups in total. The van der Waals surface area contributed by atoms with Crippen molar-refractivity contribution >= 4 is 26.1 Å². The van der Waals surface area contributed by atoms with E-state index in [-0.39, 0.29) is 18.8 Å². The van der Waals surface area contributed by atoms with Gasteiger partial charge in [0.1, 0.15) is 6.04 Å². The van der Waals surface area contributed by atoms with Crippen LogP contribution in [0.5, 0.6) is 0 Å². The van der Waals surface area contributed by atoms with Gasteiger partial charge in [0, 0.05) is 0 Å². The molecule has 0 aromatic carbocycles. The highest BCUT2D eigenvalue weighted by molar-refractivity contribution is 7.49. The summed E-state index contributed by atoms with van der Waals surface area (Å²) < 4.78 is 10.2. The minimum atomic E-state index is -4.42. The SMILES string of the molecule is CCC(NP(=O)(O)O)C(=O)O.Cl. The molecule has 12 heavy (non-hydrogen) atoms. The highest BCUT2D eigenvalue weighted by atomic mass is 35.5. The lowest BCUT2D eigenvalue weighted by Crippen LogP contribution is -2.33. The third kappa shape index (κ3) is 6.57. The van der Waals surface area contributed by atoms with Crippen molar-refractivity contribution in [3.63, 3.8) is 0 Å². The van der Waals surface area contributed by atoms with Crippen LogP contribution in [-0.4, -0.2) is 26.9 Å². The third-order valence-electron chi connectivity index (χ3n) is 1.03. The molecule has 0 radical (unpaired) electrons. The van der Waals surface area contributed by atoms with Crippen LogP contribution in [0.15, 0.2) is 0 Å².